The molecule has 8 heteroatoms. The van der Waals surface area contributed by atoms with E-state index in [4.69, 9.17) is 4.74 Å². The van der Waals surface area contributed by atoms with Gasteiger partial charge in [-0.1, -0.05) is 36.4 Å². The molecule has 0 radical (unpaired) electrons. The smallest absolute Gasteiger partial charge is 0.300 e. The van der Waals surface area contributed by atoms with Crippen molar-refractivity contribution in [3.8, 4) is 5.75 Å². The fourth-order valence-electron chi connectivity index (χ4n) is 3.93. The second-order valence-corrected chi connectivity index (χ2v) is 7.59. The molecule has 8 nitrogen and oxygen atoms in total. The van der Waals surface area contributed by atoms with Gasteiger partial charge in [-0.05, 0) is 42.3 Å². The van der Waals surface area contributed by atoms with Crippen LogP contribution in [0, 0.1) is 17.0 Å². The Labute approximate surface area is 189 Å². The number of nitrogens with zero attached hydrogens (tertiary/aromatic N) is 2. The molecule has 1 atom stereocenters. The van der Waals surface area contributed by atoms with Crippen molar-refractivity contribution in [2.24, 2.45) is 0 Å². The number of Topliss-reactive ketones (excluding diaryl/α,β-unsaturated/α-hetero) is 1. The Hall–Kier alpha value is -4.46. The molecule has 33 heavy (non-hydrogen) atoms. The second kappa shape index (κ2) is 8.58. The zero-order valence-corrected chi connectivity index (χ0v) is 17.9. The summed E-state index contributed by atoms with van der Waals surface area (Å²) in [7, 11) is 1.50. The topological polar surface area (TPSA) is 110 Å². The van der Waals surface area contributed by atoms with Crippen LogP contribution in [0.2, 0.25) is 0 Å². The van der Waals surface area contributed by atoms with Gasteiger partial charge in [0.2, 0.25) is 0 Å². The molecule has 1 amide bonds. The van der Waals surface area contributed by atoms with Crippen LogP contribution in [0.25, 0.3) is 5.76 Å². The third kappa shape index (κ3) is 3.94. The Balaban J connectivity index is 1.97. The Morgan fingerprint density at radius 1 is 1.03 bits per heavy atom. The number of ether oxygens (including phenoxy) is 1. The monoisotopic (exact) mass is 444 g/mol. The van der Waals surface area contributed by atoms with Crippen LogP contribution >= 0.6 is 0 Å². The molecule has 4 rings (SSSR count). The van der Waals surface area contributed by atoms with E-state index in [1.54, 1.807) is 42.5 Å². The van der Waals surface area contributed by atoms with Gasteiger partial charge in [0.05, 0.1) is 23.6 Å². The van der Waals surface area contributed by atoms with Crippen LogP contribution in [0.1, 0.15) is 22.7 Å². The molecule has 0 aliphatic carbocycles. The Morgan fingerprint density at radius 3 is 2.45 bits per heavy atom. The fourth-order valence-corrected chi connectivity index (χ4v) is 3.93. The zero-order valence-electron chi connectivity index (χ0n) is 17.9. The van der Waals surface area contributed by atoms with E-state index in [-0.39, 0.29) is 16.8 Å². The average Bonchev–Trinajstić information content (AvgIpc) is 3.09. The van der Waals surface area contributed by atoms with Gasteiger partial charge in [0.25, 0.3) is 17.4 Å². The predicted octanol–water partition coefficient (Wildman–Crippen LogP) is 4.54. The predicted molar refractivity (Wildman–Crippen MR) is 122 cm³/mol. The maximum atomic E-state index is 13.2. The van der Waals surface area contributed by atoms with Crippen molar-refractivity contribution < 1.29 is 24.4 Å². The number of anilines is 1. The first-order valence-corrected chi connectivity index (χ1v) is 10.1. The summed E-state index contributed by atoms with van der Waals surface area (Å²) in [4.78, 5) is 38.3. The number of benzene rings is 3. The maximum Gasteiger partial charge on any atom is 0.300 e. The molecule has 0 saturated carbocycles. The lowest BCUT2D eigenvalue weighted by Gasteiger charge is -2.26. The standard InChI is InChI=1S/C25H20N2O6/c1-15-6-3-9-18(12-15)26-22(16-7-5-11-20(14-16)33-2)21(24(29)25(26)30)23(28)17-8-4-10-19(13-17)27(31)32/h3-14,22,28H,1-2H3/b23-21-. The van der Waals surface area contributed by atoms with E-state index in [2.05, 4.69) is 0 Å². The number of hydrogen-bond donors (Lipinski definition) is 1. The van der Waals surface area contributed by atoms with Crippen LogP contribution < -0.4 is 9.64 Å². The molecule has 3 aromatic carbocycles. The van der Waals surface area contributed by atoms with Crippen molar-refractivity contribution in [1.82, 2.24) is 0 Å². The van der Waals surface area contributed by atoms with Gasteiger partial charge in [-0.15, -0.1) is 0 Å². The van der Waals surface area contributed by atoms with Gasteiger partial charge in [-0.25, -0.2) is 0 Å². The highest BCUT2D eigenvalue weighted by atomic mass is 16.6. The molecular weight excluding hydrogens is 424 g/mol. The van der Waals surface area contributed by atoms with Gasteiger partial charge in [0.15, 0.2) is 0 Å². The summed E-state index contributed by atoms with van der Waals surface area (Å²) in [5.41, 5.74) is 1.59. The van der Waals surface area contributed by atoms with E-state index in [1.807, 2.05) is 13.0 Å². The highest BCUT2D eigenvalue weighted by Crippen LogP contribution is 2.43. The number of nitro benzene ring substituents is 1. The Kier molecular flexibility index (Phi) is 5.66. The molecule has 1 heterocycles. The van der Waals surface area contributed by atoms with E-state index in [0.29, 0.717) is 17.0 Å². The molecule has 1 aliphatic rings. The largest absolute Gasteiger partial charge is 0.507 e. The van der Waals surface area contributed by atoms with E-state index >= 15 is 0 Å². The van der Waals surface area contributed by atoms with E-state index in [1.165, 1.54) is 30.2 Å². The van der Waals surface area contributed by atoms with Gasteiger partial charge in [-0.3, -0.25) is 24.6 Å². The SMILES string of the molecule is COc1cccc(C2/C(=C(/O)c3cccc([N+](=O)[O-])c3)C(=O)C(=O)N2c2cccc(C)c2)c1. The van der Waals surface area contributed by atoms with Gasteiger partial charge in [0.1, 0.15) is 11.5 Å². The number of amides is 1. The number of carbonyl (C=O) groups excluding carboxylic acids is 2. The molecule has 1 fully saturated rings. The van der Waals surface area contributed by atoms with Gasteiger partial charge in [-0.2, -0.15) is 0 Å². The molecule has 1 unspecified atom stereocenters. The summed E-state index contributed by atoms with van der Waals surface area (Å²) >= 11 is 0. The second-order valence-electron chi connectivity index (χ2n) is 7.59. The minimum absolute atomic E-state index is 0.0688. The normalized spacial score (nSPS) is 17.3. The molecule has 1 aliphatic heterocycles. The van der Waals surface area contributed by atoms with Crippen LogP contribution in [0.5, 0.6) is 5.75 Å². The quantitative estimate of drug-likeness (QED) is 0.203. The summed E-state index contributed by atoms with van der Waals surface area (Å²) in [5, 5.41) is 22.3. The molecule has 1 N–H and O–H groups in total. The molecule has 3 aromatic rings. The van der Waals surface area contributed by atoms with Crippen molar-refractivity contribution in [3.63, 3.8) is 0 Å². The number of hydrogen-bond acceptors (Lipinski definition) is 6. The van der Waals surface area contributed by atoms with Crippen molar-refractivity contribution in [2.45, 2.75) is 13.0 Å². The van der Waals surface area contributed by atoms with Crippen molar-refractivity contribution in [3.05, 3.63) is 105 Å². The lowest BCUT2D eigenvalue weighted by Crippen LogP contribution is -2.29. The molecular formula is C25H20N2O6. The van der Waals surface area contributed by atoms with E-state index in [9.17, 15) is 24.8 Å². The first kappa shape index (κ1) is 21.8. The number of nitro groups is 1. The van der Waals surface area contributed by atoms with Crippen molar-refractivity contribution >= 4 is 28.8 Å². The maximum absolute atomic E-state index is 13.2. The lowest BCUT2D eigenvalue weighted by atomic mass is 9.94. The molecule has 1 saturated heterocycles. The third-order valence-electron chi connectivity index (χ3n) is 5.46. The minimum atomic E-state index is -0.957. The number of aliphatic hydroxyl groups excluding tert-OH is 1. The van der Waals surface area contributed by atoms with Crippen LogP contribution in [-0.4, -0.2) is 28.8 Å². The average molecular weight is 444 g/mol. The molecule has 0 aromatic heterocycles. The summed E-state index contributed by atoms with van der Waals surface area (Å²) in [5.74, 6) is -1.66. The number of aliphatic hydroxyl groups is 1. The van der Waals surface area contributed by atoms with Gasteiger partial charge in [0, 0.05) is 23.4 Å². The molecule has 0 bridgehead atoms. The number of methoxy groups -OCH3 is 1. The number of ketones is 1. The first-order chi connectivity index (χ1) is 15.8. The molecule has 166 valence electrons. The summed E-state index contributed by atoms with van der Waals surface area (Å²) in [6, 6.07) is 18.3. The summed E-state index contributed by atoms with van der Waals surface area (Å²) in [6.07, 6.45) is 0. The summed E-state index contributed by atoms with van der Waals surface area (Å²) in [6.45, 7) is 1.86. The van der Waals surface area contributed by atoms with Gasteiger partial charge < -0.3 is 9.84 Å². The van der Waals surface area contributed by atoms with E-state index in [0.717, 1.165) is 11.6 Å². The Bertz CT molecular complexity index is 1310. The zero-order chi connectivity index (χ0) is 23.7. The van der Waals surface area contributed by atoms with E-state index < -0.39 is 28.4 Å². The summed E-state index contributed by atoms with van der Waals surface area (Å²) < 4.78 is 5.31. The number of aryl methyl sites for hydroxylation is 1. The van der Waals surface area contributed by atoms with Gasteiger partial charge >= 0.3 is 0 Å². The highest BCUT2D eigenvalue weighted by molar-refractivity contribution is 6.51. The Morgan fingerprint density at radius 2 is 1.76 bits per heavy atom. The first-order valence-electron chi connectivity index (χ1n) is 10.1. The number of rotatable bonds is 5. The van der Waals surface area contributed by atoms with Crippen molar-refractivity contribution in [2.75, 3.05) is 12.0 Å². The third-order valence-corrected chi connectivity index (χ3v) is 5.46. The van der Waals surface area contributed by atoms with Crippen LogP contribution in [0.3, 0.4) is 0 Å². The number of non-ortho nitro benzene ring substituents is 1. The highest BCUT2D eigenvalue weighted by Gasteiger charge is 2.47. The fraction of sp³-hybridized carbons (Fsp3) is 0.120. The lowest BCUT2D eigenvalue weighted by molar-refractivity contribution is -0.384. The van der Waals surface area contributed by atoms with Crippen molar-refractivity contribution in [1.29, 1.82) is 0 Å². The van der Waals surface area contributed by atoms with Crippen LogP contribution in [0.15, 0.2) is 78.4 Å². The molecule has 0 spiro atoms. The number of carbonyl (C=O) groups is 2. The van der Waals surface area contributed by atoms with Crippen LogP contribution in [0.4, 0.5) is 11.4 Å². The minimum Gasteiger partial charge on any atom is -0.507 e. The van der Waals surface area contributed by atoms with Crippen LogP contribution in [-0.2, 0) is 9.59 Å².